The number of aryl methyl sites for hydroxylation is 2. The highest BCUT2D eigenvalue weighted by Crippen LogP contribution is 2.41. The van der Waals surface area contributed by atoms with Gasteiger partial charge in [0.2, 0.25) is 0 Å². The molecule has 0 bridgehead atoms. The van der Waals surface area contributed by atoms with Gasteiger partial charge < -0.3 is 9.32 Å². The van der Waals surface area contributed by atoms with Crippen molar-refractivity contribution in [1.82, 2.24) is 14.9 Å². The van der Waals surface area contributed by atoms with Gasteiger partial charge in [0.25, 0.3) is 5.91 Å². The van der Waals surface area contributed by atoms with Gasteiger partial charge in [-0.3, -0.25) is 4.79 Å². The lowest BCUT2D eigenvalue weighted by Gasteiger charge is -2.19. The number of carbonyl (C=O) groups excluding carboxylic acids is 1. The molecular weight excluding hydrogens is 290 g/mol. The summed E-state index contributed by atoms with van der Waals surface area (Å²) in [4.78, 5) is 23.7. The smallest absolute Gasteiger partial charge is 0.257 e. The zero-order chi connectivity index (χ0) is 16.0. The van der Waals surface area contributed by atoms with E-state index in [0.717, 1.165) is 30.8 Å². The van der Waals surface area contributed by atoms with Crippen molar-refractivity contribution in [3.63, 3.8) is 0 Å². The van der Waals surface area contributed by atoms with Gasteiger partial charge in [0.15, 0.2) is 0 Å². The summed E-state index contributed by atoms with van der Waals surface area (Å²) in [5.41, 5.74) is 4.31. The number of carbonyl (C=O) groups is 1. The number of rotatable bonds is 2. The van der Waals surface area contributed by atoms with Crippen LogP contribution in [0.15, 0.2) is 16.8 Å². The molecule has 0 spiro atoms. The first kappa shape index (κ1) is 14.4. The lowest BCUT2D eigenvalue weighted by Crippen LogP contribution is -2.33. The average molecular weight is 311 g/mol. The Bertz CT molecular complexity index is 762. The zero-order valence-corrected chi connectivity index (χ0v) is 13.6. The number of furan rings is 1. The Labute approximate surface area is 135 Å². The van der Waals surface area contributed by atoms with Crippen LogP contribution in [0.4, 0.5) is 0 Å². The van der Waals surface area contributed by atoms with Crippen LogP contribution in [0.1, 0.15) is 57.6 Å². The van der Waals surface area contributed by atoms with Crippen molar-refractivity contribution in [2.24, 2.45) is 0 Å². The van der Waals surface area contributed by atoms with Gasteiger partial charge in [-0.25, -0.2) is 9.97 Å². The van der Waals surface area contributed by atoms with E-state index in [4.69, 9.17) is 4.42 Å². The van der Waals surface area contributed by atoms with E-state index in [-0.39, 0.29) is 5.91 Å². The van der Waals surface area contributed by atoms with Crippen molar-refractivity contribution in [3.8, 4) is 0 Å². The van der Waals surface area contributed by atoms with Crippen LogP contribution in [0.5, 0.6) is 0 Å². The van der Waals surface area contributed by atoms with Gasteiger partial charge >= 0.3 is 0 Å². The van der Waals surface area contributed by atoms with E-state index in [9.17, 15) is 4.79 Å². The summed E-state index contributed by atoms with van der Waals surface area (Å²) < 4.78 is 5.51. The first-order valence-electron chi connectivity index (χ1n) is 8.32. The number of nitrogens with zero attached hydrogens (tertiary/aromatic N) is 3. The molecule has 23 heavy (non-hydrogen) atoms. The highest BCUT2D eigenvalue weighted by atomic mass is 16.3. The second-order valence-corrected chi connectivity index (χ2v) is 6.58. The lowest BCUT2D eigenvalue weighted by atomic mass is 10.0. The normalized spacial score (nSPS) is 17.7. The molecule has 0 unspecified atom stereocenters. The molecule has 0 atom stereocenters. The molecule has 2 aliphatic rings. The topological polar surface area (TPSA) is 59.2 Å². The third kappa shape index (κ3) is 2.64. The first-order chi connectivity index (χ1) is 11.1. The zero-order valence-electron chi connectivity index (χ0n) is 13.6. The maximum atomic E-state index is 12.8. The van der Waals surface area contributed by atoms with Crippen molar-refractivity contribution in [3.05, 3.63) is 46.4 Å². The summed E-state index contributed by atoms with van der Waals surface area (Å²) in [6.07, 6.45) is 5.82. The first-order valence-corrected chi connectivity index (χ1v) is 8.32. The maximum Gasteiger partial charge on any atom is 0.257 e. The Balaban J connectivity index is 1.57. The van der Waals surface area contributed by atoms with Crippen LogP contribution in [-0.4, -0.2) is 33.9 Å². The highest BCUT2D eigenvalue weighted by molar-refractivity contribution is 5.95. The molecule has 0 radical (unpaired) electrons. The molecule has 1 saturated carbocycles. The standard InChI is InChI=1S/C18H21N3O2/c1-11-9-15(12(2)23-11)18(22)21-7-5-14-16(6-8-21)19-10-20-17(14)13-3-4-13/h9-10,13H,3-8H2,1-2H3. The fourth-order valence-electron chi connectivity index (χ4n) is 3.48. The molecule has 1 aliphatic carbocycles. The quantitative estimate of drug-likeness (QED) is 0.855. The van der Waals surface area contributed by atoms with Gasteiger partial charge in [-0.1, -0.05) is 0 Å². The van der Waals surface area contributed by atoms with Crippen LogP contribution in [0.2, 0.25) is 0 Å². The van der Waals surface area contributed by atoms with Gasteiger partial charge in [-0.2, -0.15) is 0 Å². The average Bonchev–Trinajstić information content (AvgIpc) is 3.33. The van der Waals surface area contributed by atoms with E-state index in [1.807, 2.05) is 24.8 Å². The second kappa shape index (κ2) is 5.48. The van der Waals surface area contributed by atoms with E-state index < -0.39 is 0 Å². The predicted octanol–water partition coefficient (Wildman–Crippen LogP) is 2.80. The highest BCUT2D eigenvalue weighted by Gasteiger charge is 2.31. The minimum absolute atomic E-state index is 0.0630. The summed E-state index contributed by atoms with van der Waals surface area (Å²) in [6.45, 7) is 5.16. The summed E-state index contributed by atoms with van der Waals surface area (Å²) in [5.74, 6) is 2.17. The van der Waals surface area contributed by atoms with Crippen LogP contribution >= 0.6 is 0 Å². The number of hydrogen-bond donors (Lipinski definition) is 0. The van der Waals surface area contributed by atoms with Crippen LogP contribution in [0, 0.1) is 13.8 Å². The molecule has 0 N–H and O–H groups in total. The molecule has 0 aromatic carbocycles. The minimum atomic E-state index is 0.0630. The Morgan fingerprint density at radius 2 is 2.00 bits per heavy atom. The van der Waals surface area contributed by atoms with Crippen LogP contribution in [0.25, 0.3) is 0 Å². The minimum Gasteiger partial charge on any atom is -0.466 e. The van der Waals surface area contributed by atoms with Gasteiger partial charge in [0, 0.05) is 31.1 Å². The van der Waals surface area contributed by atoms with E-state index in [1.54, 1.807) is 6.33 Å². The molecule has 5 nitrogen and oxygen atoms in total. The molecule has 4 rings (SSSR count). The number of fused-ring (bicyclic) bond motifs is 1. The van der Waals surface area contributed by atoms with Crippen LogP contribution < -0.4 is 0 Å². The lowest BCUT2D eigenvalue weighted by molar-refractivity contribution is 0.0761. The molecule has 120 valence electrons. The molecule has 0 saturated heterocycles. The summed E-state index contributed by atoms with van der Waals surface area (Å²) in [5, 5.41) is 0. The summed E-state index contributed by atoms with van der Waals surface area (Å²) in [7, 11) is 0. The second-order valence-electron chi connectivity index (χ2n) is 6.58. The van der Waals surface area contributed by atoms with E-state index in [2.05, 4.69) is 9.97 Å². The van der Waals surface area contributed by atoms with E-state index in [1.165, 1.54) is 24.1 Å². The van der Waals surface area contributed by atoms with Gasteiger partial charge in [0.05, 0.1) is 11.3 Å². The van der Waals surface area contributed by atoms with E-state index in [0.29, 0.717) is 23.8 Å². The largest absolute Gasteiger partial charge is 0.466 e. The molecule has 1 fully saturated rings. The summed E-state index contributed by atoms with van der Waals surface area (Å²) in [6, 6.07) is 1.84. The van der Waals surface area contributed by atoms with Crippen LogP contribution in [-0.2, 0) is 12.8 Å². The molecule has 3 heterocycles. The van der Waals surface area contributed by atoms with Crippen molar-refractivity contribution in [1.29, 1.82) is 0 Å². The van der Waals surface area contributed by atoms with Crippen molar-refractivity contribution >= 4 is 5.91 Å². The predicted molar refractivity (Wildman–Crippen MR) is 85.5 cm³/mol. The van der Waals surface area contributed by atoms with Gasteiger partial charge in [-0.05, 0) is 44.7 Å². The maximum absolute atomic E-state index is 12.8. The fourth-order valence-corrected chi connectivity index (χ4v) is 3.48. The fraction of sp³-hybridized carbons (Fsp3) is 0.500. The Morgan fingerprint density at radius 1 is 1.22 bits per heavy atom. The van der Waals surface area contributed by atoms with Crippen molar-refractivity contribution < 1.29 is 9.21 Å². The molecule has 1 amide bonds. The Kier molecular flexibility index (Phi) is 3.43. The number of amides is 1. The van der Waals surface area contributed by atoms with Gasteiger partial charge in [0.1, 0.15) is 17.8 Å². The summed E-state index contributed by atoms with van der Waals surface area (Å²) >= 11 is 0. The van der Waals surface area contributed by atoms with Crippen molar-refractivity contribution in [2.45, 2.75) is 45.4 Å². The van der Waals surface area contributed by atoms with E-state index >= 15 is 0 Å². The monoisotopic (exact) mass is 311 g/mol. The number of aromatic nitrogens is 2. The molecule has 5 heteroatoms. The van der Waals surface area contributed by atoms with Gasteiger partial charge in [-0.15, -0.1) is 0 Å². The van der Waals surface area contributed by atoms with Crippen LogP contribution in [0.3, 0.4) is 0 Å². The van der Waals surface area contributed by atoms with Crippen molar-refractivity contribution in [2.75, 3.05) is 13.1 Å². The third-order valence-electron chi connectivity index (χ3n) is 4.84. The SMILES string of the molecule is Cc1cc(C(=O)N2CCc3ncnc(C4CC4)c3CC2)c(C)o1. The molecular formula is C18H21N3O2. The molecule has 2 aromatic rings. The number of hydrogen-bond acceptors (Lipinski definition) is 4. The Hall–Kier alpha value is -2.17. The third-order valence-corrected chi connectivity index (χ3v) is 4.84. The molecule has 2 aromatic heterocycles. The molecule has 1 aliphatic heterocycles. The Morgan fingerprint density at radius 3 is 2.70 bits per heavy atom.